The van der Waals surface area contributed by atoms with E-state index >= 15 is 0 Å². The molecule has 0 spiro atoms. The largest absolute Gasteiger partial charge is 0.573 e. The van der Waals surface area contributed by atoms with E-state index in [1.54, 1.807) is 30.0 Å². The third kappa shape index (κ3) is 6.30. The molecule has 0 aliphatic heterocycles. The molecule has 39 heavy (non-hydrogen) atoms. The van der Waals surface area contributed by atoms with Crippen molar-refractivity contribution in [2.45, 2.75) is 27.9 Å². The van der Waals surface area contributed by atoms with E-state index in [2.05, 4.69) is 37.8 Å². The van der Waals surface area contributed by atoms with Gasteiger partial charge in [0, 0.05) is 34.8 Å². The molecular formula is C26H18Cl3F3N4OS2. The molecule has 0 saturated carbocycles. The maximum Gasteiger partial charge on any atom is 0.573 e. The number of hydrogen-bond acceptors (Lipinski definition) is 5. The predicted molar refractivity (Wildman–Crippen MR) is 152 cm³/mol. The van der Waals surface area contributed by atoms with Gasteiger partial charge in [0.1, 0.15) is 11.6 Å². The predicted octanol–water partition coefficient (Wildman–Crippen LogP) is 9.20. The number of alkyl halides is 3. The highest BCUT2D eigenvalue weighted by molar-refractivity contribution is 7.99. The Bertz CT molecular complexity index is 1640. The molecule has 5 rings (SSSR count). The van der Waals surface area contributed by atoms with E-state index in [4.69, 9.17) is 34.8 Å². The van der Waals surface area contributed by atoms with Crippen LogP contribution >= 0.6 is 58.3 Å². The fourth-order valence-corrected chi connectivity index (χ4v) is 6.71. The number of rotatable bonds is 8. The molecule has 2 aromatic heterocycles. The highest BCUT2D eigenvalue weighted by Gasteiger charge is 2.32. The van der Waals surface area contributed by atoms with Gasteiger partial charge in [-0.25, -0.2) is 0 Å². The number of nitrogens with zero attached hydrogens (tertiary/aromatic N) is 4. The maximum atomic E-state index is 12.6. The van der Waals surface area contributed by atoms with E-state index in [1.807, 2.05) is 23.7 Å². The minimum Gasteiger partial charge on any atom is -0.404 e. The summed E-state index contributed by atoms with van der Waals surface area (Å²) in [5.41, 5.74) is 2.34. The standard InChI is InChI=1S/C26H18Cl3F3N4OS2/c1-35-12-22(16-5-2-3-8-20(16)35)38-14-23-33-34-25(36(23)24-17(27)6-4-7-18(24)28)39-13-15-9-10-21(19(29)11-15)37-26(30,31)32/h2-12H,13-14H2,1H3. The zero-order valence-corrected chi connectivity index (χ0v) is 23.9. The number of halogens is 6. The van der Waals surface area contributed by atoms with Crippen LogP contribution in [0.5, 0.6) is 5.75 Å². The van der Waals surface area contributed by atoms with Crippen molar-refractivity contribution >= 4 is 69.2 Å². The zero-order chi connectivity index (χ0) is 27.7. The van der Waals surface area contributed by atoms with Crippen LogP contribution in [0.2, 0.25) is 15.1 Å². The number of fused-ring (bicyclic) bond motifs is 1. The van der Waals surface area contributed by atoms with Crippen molar-refractivity contribution in [3.63, 3.8) is 0 Å². The Hall–Kier alpha value is -2.50. The van der Waals surface area contributed by atoms with Gasteiger partial charge < -0.3 is 9.30 Å². The third-order valence-electron chi connectivity index (χ3n) is 5.67. The lowest BCUT2D eigenvalue weighted by atomic mass is 10.2. The summed E-state index contributed by atoms with van der Waals surface area (Å²) in [5, 5.41) is 11.2. The van der Waals surface area contributed by atoms with Gasteiger partial charge in [-0.1, -0.05) is 76.9 Å². The van der Waals surface area contributed by atoms with Crippen molar-refractivity contribution in [2.75, 3.05) is 0 Å². The van der Waals surface area contributed by atoms with Crippen molar-refractivity contribution in [2.24, 2.45) is 7.05 Å². The first-order valence-electron chi connectivity index (χ1n) is 11.3. The maximum absolute atomic E-state index is 12.6. The van der Waals surface area contributed by atoms with Crippen LogP contribution in [-0.2, 0) is 18.6 Å². The second-order valence-electron chi connectivity index (χ2n) is 8.32. The van der Waals surface area contributed by atoms with Crippen LogP contribution in [0.15, 0.2) is 76.9 Å². The van der Waals surface area contributed by atoms with Gasteiger partial charge in [-0.2, -0.15) is 0 Å². The zero-order valence-electron chi connectivity index (χ0n) is 20.0. The first-order chi connectivity index (χ1) is 18.6. The highest BCUT2D eigenvalue weighted by Crippen LogP contribution is 2.38. The molecule has 0 bridgehead atoms. The molecule has 0 N–H and O–H groups in total. The number of para-hydroxylation sites is 2. The van der Waals surface area contributed by atoms with Gasteiger partial charge >= 0.3 is 6.36 Å². The van der Waals surface area contributed by atoms with Gasteiger partial charge in [0.2, 0.25) is 0 Å². The summed E-state index contributed by atoms with van der Waals surface area (Å²) in [6.07, 6.45) is -2.75. The molecule has 0 unspecified atom stereocenters. The average molecular weight is 630 g/mol. The van der Waals surface area contributed by atoms with E-state index in [0.29, 0.717) is 43.8 Å². The molecule has 5 nitrogen and oxygen atoms in total. The first kappa shape index (κ1) is 28.0. The highest BCUT2D eigenvalue weighted by atomic mass is 35.5. The van der Waals surface area contributed by atoms with Crippen LogP contribution in [0.4, 0.5) is 13.2 Å². The Morgan fingerprint density at radius 2 is 1.62 bits per heavy atom. The Balaban J connectivity index is 1.43. The fourth-order valence-electron chi connectivity index (χ4n) is 3.97. The minimum atomic E-state index is -4.83. The summed E-state index contributed by atoms with van der Waals surface area (Å²) >= 11 is 22.1. The molecular weight excluding hydrogens is 612 g/mol. The van der Waals surface area contributed by atoms with Crippen molar-refractivity contribution in [3.05, 3.63) is 93.3 Å². The van der Waals surface area contributed by atoms with Crippen LogP contribution in [0.1, 0.15) is 11.4 Å². The lowest BCUT2D eigenvalue weighted by molar-refractivity contribution is -0.274. The summed E-state index contributed by atoms with van der Waals surface area (Å²) < 4.78 is 45.6. The molecule has 202 valence electrons. The normalized spacial score (nSPS) is 11.9. The second kappa shape index (κ2) is 11.5. The molecule has 3 aromatic carbocycles. The van der Waals surface area contributed by atoms with Gasteiger partial charge in [0.05, 0.1) is 26.5 Å². The Labute approximate surface area is 245 Å². The molecule has 0 aliphatic carbocycles. The van der Waals surface area contributed by atoms with Crippen LogP contribution < -0.4 is 4.74 Å². The van der Waals surface area contributed by atoms with Gasteiger partial charge in [-0.3, -0.25) is 4.57 Å². The first-order valence-corrected chi connectivity index (χ1v) is 14.4. The Morgan fingerprint density at radius 3 is 2.33 bits per heavy atom. The van der Waals surface area contributed by atoms with Crippen LogP contribution in [0.25, 0.3) is 16.6 Å². The molecule has 0 amide bonds. The number of benzene rings is 3. The van der Waals surface area contributed by atoms with Crippen molar-refractivity contribution in [1.29, 1.82) is 0 Å². The van der Waals surface area contributed by atoms with Crippen molar-refractivity contribution in [1.82, 2.24) is 19.3 Å². The number of ether oxygens (including phenoxy) is 1. The van der Waals surface area contributed by atoms with Gasteiger partial charge in [-0.05, 0) is 35.9 Å². The fraction of sp³-hybridized carbons (Fsp3) is 0.154. The molecule has 0 saturated heterocycles. The van der Waals surface area contributed by atoms with Crippen LogP contribution in [0, 0.1) is 0 Å². The topological polar surface area (TPSA) is 44.9 Å². The lowest BCUT2D eigenvalue weighted by Gasteiger charge is -2.14. The van der Waals surface area contributed by atoms with Crippen LogP contribution in [-0.4, -0.2) is 25.7 Å². The van der Waals surface area contributed by atoms with E-state index in [1.165, 1.54) is 30.0 Å². The summed E-state index contributed by atoms with van der Waals surface area (Å²) in [5.74, 6) is 1.01. The number of thioether (sulfide) groups is 2. The Morgan fingerprint density at radius 1 is 0.872 bits per heavy atom. The molecule has 0 fully saturated rings. The van der Waals surface area contributed by atoms with Crippen LogP contribution in [0.3, 0.4) is 0 Å². The van der Waals surface area contributed by atoms with Gasteiger partial charge in [-0.15, -0.1) is 35.1 Å². The molecule has 5 aromatic rings. The Kier molecular flexibility index (Phi) is 8.30. The molecule has 13 heteroatoms. The van der Waals surface area contributed by atoms with E-state index in [0.717, 1.165) is 15.8 Å². The molecule has 2 heterocycles. The third-order valence-corrected chi connectivity index (χ3v) is 8.61. The number of hydrogen-bond donors (Lipinski definition) is 0. The summed E-state index contributed by atoms with van der Waals surface area (Å²) in [6.45, 7) is 0. The SMILES string of the molecule is Cn1cc(SCc2nnc(SCc3ccc(OC(F)(F)F)c(Cl)c3)n2-c2c(Cl)cccc2Cl)c2ccccc21. The molecule has 0 aliphatic rings. The van der Waals surface area contributed by atoms with Gasteiger partial charge in [0.15, 0.2) is 5.16 Å². The quantitative estimate of drug-likeness (QED) is 0.160. The van der Waals surface area contributed by atoms with Gasteiger partial charge in [0.25, 0.3) is 0 Å². The number of aryl methyl sites for hydroxylation is 1. The smallest absolute Gasteiger partial charge is 0.404 e. The van der Waals surface area contributed by atoms with Crippen molar-refractivity contribution in [3.8, 4) is 11.4 Å². The van der Waals surface area contributed by atoms with Crippen molar-refractivity contribution < 1.29 is 17.9 Å². The molecule has 0 radical (unpaired) electrons. The summed E-state index contributed by atoms with van der Waals surface area (Å²) in [4.78, 5) is 1.10. The summed E-state index contributed by atoms with van der Waals surface area (Å²) in [7, 11) is 2.00. The summed E-state index contributed by atoms with van der Waals surface area (Å²) in [6, 6.07) is 17.5. The van der Waals surface area contributed by atoms with E-state index < -0.39 is 12.1 Å². The minimum absolute atomic E-state index is 0.145. The number of aromatic nitrogens is 4. The van der Waals surface area contributed by atoms with E-state index in [-0.39, 0.29) is 5.02 Å². The second-order valence-corrected chi connectivity index (χ2v) is 11.5. The van der Waals surface area contributed by atoms with E-state index in [9.17, 15) is 13.2 Å². The lowest BCUT2D eigenvalue weighted by Crippen LogP contribution is -2.17. The average Bonchev–Trinajstić information content (AvgIpc) is 3.42. The monoisotopic (exact) mass is 628 g/mol. The molecule has 0 atom stereocenters.